The topological polar surface area (TPSA) is 80.1 Å². The zero-order chi connectivity index (χ0) is 15.0. The molecule has 1 saturated carbocycles. The Kier molecular flexibility index (Phi) is 3.43. The minimum Gasteiger partial charge on any atom is -0.342 e. The fraction of sp³-hybridized carbons (Fsp3) is 0.714. The van der Waals surface area contributed by atoms with Crippen LogP contribution < -0.4 is 5.32 Å². The molecule has 21 heavy (non-hydrogen) atoms. The van der Waals surface area contributed by atoms with E-state index >= 15 is 0 Å². The fourth-order valence-electron chi connectivity index (χ4n) is 3.01. The number of rotatable bonds is 4. The van der Waals surface area contributed by atoms with Gasteiger partial charge in [-0.2, -0.15) is 5.10 Å². The first-order valence-corrected chi connectivity index (χ1v) is 7.51. The zero-order valence-electron chi connectivity index (χ0n) is 12.5. The van der Waals surface area contributed by atoms with Crippen LogP contribution in [0.2, 0.25) is 0 Å². The van der Waals surface area contributed by atoms with Crippen LogP contribution in [0, 0.1) is 5.92 Å². The number of nitrogens with zero attached hydrogens (tertiary/aromatic N) is 4. The maximum atomic E-state index is 12.9. The molecule has 0 spiro atoms. The minimum atomic E-state index is -0.759. The molecule has 2 aliphatic rings. The summed E-state index contributed by atoms with van der Waals surface area (Å²) in [5.74, 6) is 0.982. The first-order valence-electron chi connectivity index (χ1n) is 7.51. The number of carbonyl (C=O) groups is 2. The highest BCUT2D eigenvalue weighted by molar-refractivity contribution is 5.93. The highest BCUT2D eigenvalue weighted by atomic mass is 16.2. The zero-order valence-corrected chi connectivity index (χ0v) is 12.5. The van der Waals surface area contributed by atoms with E-state index in [1.165, 1.54) is 6.33 Å². The van der Waals surface area contributed by atoms with E-state index < -0.39 is 5.54 Å². The summed E-state index contributed by atoms with van der Waals surface area (Å²) in [6.45, 7) is 5.40. The van der Waals surface area contributed by atoms with Crippen LogP contribution in [0.4, 0.5) is 0 Å². The van der Waals surface area contributed by atoms with Gasteiger partial charge in [0.15, 0.2) is 0 Å². The Morgan fingerprint density at radius 3 is 2.86 bits per heavy atom. The Morgan fingerprint density at radius 2 is 2.19 bits per heavy atom. The van der Waals surface area contributed by atoms with Crippen LogP contribution in [0.15, 0.2) is 6.33 Å². The molecule has 1 aliphatic carbocycles. The van der Waals surface area contributed by atoms with Gasteiger partial charge in [0.25, 0.3) is 0 Å². The summed E-state index contributed by atoms with van der Waals surface area (Å²) >= 11 is 0. The van der Waals surface area contributed by atoms with E-state index in [1.807, 2.05) is 13.8 Å². The molecule has 0 bridgehead atoms. The summed E-state index contributed by atoms with van der Waals surface area (Å²) in [5, 5.41) is 7.06. The standard InChI is InChI=1S/C14H21N5O2/c1-3-19-11(15-9-16-19)8-18-7-6-12(20)17-14(2,13(18)21)10-4-5-10/h9-10H,3-8H2,1-2H3,(H,17,20). The highest BCUT2D eigenvalue weighted by Gasteiger charge is 2.51. The fourth-order valence-corrected chi connectivity index (χ4v) is 3.01. The van der Waals surface area contributed by atoms with Gasteiger partial charge in [0.2, 0.25) is 11.8 Å². The normalized spacial score (nSPS) is 26.7. The summed E-state index contributed by atoms with van der Waals surface area (Å²) in [6, 6.07) is 0. The molecule has 1 aromatic heterocycles. The monoisotopic (exact) mass is 291 g/mol. The van der Waals surface area contributed by atoms with E-state index in [0.29, 0.717) is 26.1 Å². The van der Waals surface area contributed by atoms with Gasteiger partial charge in [-0.05, 0) is 32.6 Å². The number of aromatic nitrogens is 3. The lowest BCUT2D eigenvalue weighted by Crippen LogP contribution is -2.56. The van der Waals surface area contributed by atoms with Crippen molar-refractivity contribution in [2.75, 3.05) is 6.54 Å². The number of carbonyl (C=O) groups excluding carboxylic acids is 2. The van der Waals surface area contributed by atoms with Crippen molar-refractivity contribution in [3.8, 4) is 0 Å². The summed E-state index contributed by atoms with van der Waals surface area (Å²) in [6.07, 6.45) is 3.85. The van der Waals surface area contributed by atoms with Crippen molar-refractivity contribution in [3.63, 3.8) is 0 Å². The molecule has 1 aromatic rings. The van der Waals surface area contributed by atoms with Gasteiger partial charge in [0.05, 0.1) is 6.54 Å². The molecule has 3 rings (SSSR count). The quantitative estimate of drug-likeness (QED) is 0.866. The lowest BCUT2D eigenvalue weighted by atomic mass is 9.94. The first kappa shape index (κ1) is 14.0. The van der Waals surface area contributed by atoms with E-state index in [2.05, 4.69) is 15.4 Å². The Bertz CT molecular complexity index is 565. The third-order valence-corrected chi connectivity index (χ3v) is 4.46. The highest BCUT2D eigenvalue weighted by Crippen LogP contribution is 2.41. The van der Waals surface area contributed by atoms with E-state index in [9.17, 15) is 9.59 Å². The van der Waals surface area contributed by atoms with Crippen LogP contribution in [0.25, 0.3) is 0 Å². The maximum absolute atomic E-state index is 12.9. The minimum absolute atomic E-state index is 0.00139. The van der Waals surface area contributed by atoms with Gasteiger partial charge in [-0.1, -0.05) is 0 Å². The number of nitrogens with one attached hydrogen (secondary N) is 1. The maximum Gasteiger partial charge on any atom is 0.248 e. The van der Waals surface area contributed by atoms with E-state index in [1.54, 1.807) is 9.58 Å². The Morgan fingerprint density at radius 1 is 1.43 bits per heavy atom. The number of aryl methyl sites for hydroxylation is 1. The van der Waals surface area contributed by atoms with Crippen LogP contribution >= 0.6 is 0 Å². The number of amides is 2. The average molecular weight is 291 g/mol. The van der Waals surface area contributed by atoms with Crippen LogP contribution in [0.3, 0.4) is 0 Å². The predicted molar refractivity (Wildman–Crippen MR) is 75.0 cm³/mol. The van der Waals surface area contributed by atoms with Crippen LogP contribution in [0.1, 0.15) is 38.9 Å². The molecular formula is C14H21N5O2. The summed E-state index contributed by atoms with van der Waals surface area (Å²) < 4.78 is 1.78. The van der Waals surface area contributed by atoms with Gasteiger partial charge in [-0.25, -0.2) is 9.67 Å². The van der Waals surface area contributed by atoms with Crippen molar-refractivity contribution in [2.45, 2.75) is 51.7 Å². The second-order valence-corrected chi connectivity index (χ2v) is 5.99. The molecule has 0 radical (unpaired) electrons. The molecule has 2 fully saturated rings. The Balaban J connectivity index is 1.83. The van der Waals surface area contributed by atoms with Crippen molar-refractivity contribution in [1.29, 1.82) is 0 Å². The first-order chi connectivity index (χ1) is 10.0. The van der Waals surface area contributed by atoms with Crippen molar-refractivity contribution in [3.05, 3.63) is 12.2 Å². The largest absolute Gasteiger partial charge is 0.342 e. The van der Waals surface area contributed by atoms with Gasteiger partial charge in [-0.15, -0.1) is 0 Å². The lowest BCUT2D eigenvalue weighted by Gasteiger charge is -2.32. The second-order valence-electron chi connectivity index (χ2n) is 5.99. The van der Waals surface area contributed by atoms with Gasteiger partial charge in [0.1, 0.15) is 17.7 Å². The molecule has 2 heterocycles. The second kappa shape index (κ2) is 5.13. The van der Waals surface area contributed by atoms with Crippen molar-refractivity contribution >= 4 is 11.8 Å². The van der Waals surface area contributed by atoms with Crippen LogP contribution in [-0.2, 0) is 22.7 Å². The van der Waals surface area contributed by atoms with Crippen molar-refractivity contribution in [1.82, 2.24) is 25.0 Å². The molecule has 1 saturated heterocycles. The average Bonchev–Trinajstić information content (AvgIpc) is 3.23. The van der Waals surface area contributed by atoms with Crippen molar-refractivity contribution < 1.29 is 9.59 Å². The van der Waals surface area contributed by atoms with E-state index in [4.69, 9.17) is 0 Å². The van der Waals surface area contributed by atoms with Crippen LogP contribution in [0.5, 0.6) is 0 Å². The molecule has 1 unspecified atom stereocenters. The van der Waals surface area contributed by atoms with Crippen LogP contribution in [-0.4, -0.2) is 43.6 Å². The molecule has 0 aromatic carbocycles. The lowest BCUT2D eigenvalue weighted by molar-refractivity contribution is -0.139. The summed E-state index contributed by atoms with van der Waals surface area (Å²) in [7, 11) is 0. The Labute approximate surface area is 123 Å². The number of hydrogen-bond donors (Lipinski definition) is 1. The van der Waals surface area contributed by atoms with E-state index in [-0.39, 0.29) is 17.7 Å². The number of hydrogen-bond acceptors (Lipinski definition) is 4. The van der Waals surface area contributed by atoms with Crippen molar-refractivity contribution in [2.24, 2.45) is 5.92 Å². The molecule has 1 N–H and O–H groups in total. The van der Waals surface area contributed by atoms with Gasteiger partial charge < -0.3 is 10.2 Å². The molecule has 1 aliphatic heterocycles. The van der Waals surface area contributed by atoms with Gasteiger partial charge in [0, 0.05) is 19.5 Å². The molecule has 7 heteroatoms. The molecule has 2 amide bonds. The molecule has 1 atom stereocenters. The Hall–Kier alpha value is -1.92. The summed E-state index contributed by atoms with van der Waals surface area (Å²) in [4.78, 5) is 30.8. The summed E-state index contributed by atoms with van der Waals surface area (Å²) in [5.41, 5.74) is -0.759. The van der Waals surface area contributed by atoms with Gasteiger partial charge in [-0.3, -0.25) is 9.59 Å². The molecule has 114 valence electrons. The SMILES string of the molecule is CCn1ncnc1CN1CCC(=O)NC(C)(C2CC2)C1=O. The smallest absolute Gasteiger partial charge is 0.248 e. The molecular weight excluding hydrogens is 270 g/mol. The third-order valence-electron chi connectivity index (χ3n) is 4.46. The van der Waals surface area contributed by atoms with Gasteiger partial charge >= 0.3 is 0 Å². The third kappa shape index (κ3) is 2.52. The van der Waals surface area contributed by atoms with E-state index in [0.717, 1.165) is 18.7 Å². The predicted octanol–water partition coefficient (Wildman–Crippen LogP) is 0.315. The molecule has 7 nitrogen and oxygen atoms in total.